The molecule has 2 aromatic rings. The molecule has 0 aliphatic heterocycles. The van der Waals surface area contributed by atoms with E-state index in [1.165, 1.54) is 16.9 Å². The minimum Gasteiger partial charge on any atom is -0.330 e. The zero-order chi connectivity index (χ0) is 12.4. The van der Waals surface area contributed by atoms with Gasteiger partial charge >= 0.3 is 0 Å². The molecule has 0 spiro atoms. The van der Waals surface area contributed by atoms with Crippen molar-refractivity contribution >= 4 is 0 Å². The van der Waals surface area contributed by atoms with Crippen LogP contribution in [0.4, 0.5) is 0 Å². The van der Waals surface area contributed by atoms with E-state index in [1.54, 1.807) is 6.92 Å². The van der Waals surface area contributed by atoms with E-state index < -0.39 is 0 Å². The first-order valence-corrected chi connectivity index (χ1v) is 5.20. The van der Waals surface area contributed by atoms with Crippen LogP contribution in [0.1, 0.15) is 11.3 Å². The lowest BCUT2D eigenvalue weighted by molar-refractivity contribution is 0.759. The maximum atomic E-state index is 11.8. The van der Waals surface area contributed by atoms with E-state index in [0.29, 0.717) is 24.2 Å². The highest BCUT2D eigenvalue weighted by atomic mass is 16.1. The Morgan fingerprint density at radius 1 is 1.47 bits per heavy atom. The van der Waals surface area contributed by atoms with Crippen LogP contribution in [0.25, 0.3) is 5.95 Å². The Bertz CT molecular complexity index is 637. The number of hydrogen-bond acceptors (Lipinski definition) is 4. The average molecular weight is 235 g/mol. The lowest BCUT2D eigenvalue weighted by Crippen LogP contribution is -2.25. The highest BCUT2D eigenvalue weighted by molar-refractivity contribution is 5.21. The van der Waals surface area contributed by atoms with Crippen molar-refractivity contribution in [2.45, 2.75) is 13.3 Å². The van der Waals surface area contributed by atoms with E-state index in [2.05, 4.69) is 15.1 Å². The number of nitrogens with two attached hydrogens (primary N) is 1. The zero-order valence-electron chi connectivity index (χ0n) is 9.36. The van der Waals surface area contributed by atoms with Crippen LogP contribution >= 0.6 is 0 Å². The predicted molar refractivity (Wildman–Crippen MR) is 62.3 cm³/mol. The molecule has 0 atom stereocenters. The number of aromatic nitrogens is 4. The van der Waals surface area contributed by atoms with Gasteiger partial charge in [0.1, 0.15) is 0 Å². The van der Waals surface area contributed by atoms with Crippen molar-refractivity contribution in [1.29, 1.82) is 0 Å². The highest BCUT2D eigenvalue weighted by Gasteiger charge is 2.09. The van der Waals surface area contributed by atoms with Crippen LogP contribution in [-0.4, -0.2) is 26.3 Å². The van der Waals surface area contributed by atoms with Gasteiger partial charge in [0, 0.05) is 17.8 Å². The molecule has 0 saturated carbocycles. The Balaban J connectivity index is 2.57. The fraction of sp³-hybridized carbons (Fsp3) is 0.300. The van der Waals surface area contributed by atoms with Gasteiger partial charge in [-0.1, -0.05) is 0 Å². The molecular formula is C10H13N5O2. The van der Waals surface area contributed by atoms with Crippen LogP contribution in [0.2, 0.25) is 0 Å². The van der Waals surface area contributed by atoms with E-state index in [-0.39, 0.29) is 17.1 Å². The van der Waals surface area contributed by atoms with E-state index in [9.17, 15) is 9.59 Å². The van der Waals surface area contributed by atoms with E-state index in [4.69, 9.17) is 5.73 Å². The molecule has 0 aliphatic rings. The Morgan fingerprint density at radius 3 is 2.76 bits per heavy atom. The minimum absolute atomic E-state index is 0.184. The summed E-state index contributed by atoms with van der Waals surface area (Å²) in [5.41, 5.74) is 6.00. The Morgan fingerprint density at radius 2 is 2.24 bits per heavy atom. The molecule has 17 heavy (non-hydrogen) atoms. The number of H-pyrrole nitrogens is 2. The molecule has 0 aromatic carbocycles. The minimum atomic E-state index is -0.279. The van der Waals surface area contributed by atoms with E-state index in [0.717, 1.165) is 0 Å². The maximum absolute atomic E-state index is 11.8. The summed E-state index contributed by atoms with van der Waals surface area (Å²) in [5, 5.41) is 2.67. The van der Waals surface area contributed by atoms with E-state index >= 15 is 0 Å². The van der Waals surface area contributed by atoms with Crippen LogP contribution in [0.15, 0.2) is 21.9 Å². The summed E-state index contributed by atoms with van der Waals surface area (Å²) >= 11 is 0. The van der Waals surface area contributed by atoms with Gasteiger partial charge in [-0.25, -0.2) is 4.98 Å². The van der Waals surface area contributed by atoms with Gasteiger partial charge in [-0.3, -0.25) is 19.7 Å². The van der Waals surface area contributed by atoms with Crippen molar-refractivity contribution in [3.63, 3.8) is 0 Å². The SMILES string of the molecule is Cc1nc(-n2[nH]ccc2=O)[nH]c(=O)c1CCN. The van der Waals surface area contributed by atoms with Gasteiger partial charge in [0.2, 0.25) is 5.95 Å². The largest absolute Gasteiger partial charge is 0.330 e. The van der Waals surface area contributed by atoms with Gasteiger partial charge in [0.15, 0.2) is 0 Å². The second-order valence-corrected chi connectivity index (χ2v) is 3.63. The molecule has 0 fully saturated rings. The molecule has 0 amide bonds. The number of nitrogens with zero attached hydrogens (tertiary/aromatic N) is 2. The molecule has 2 rings (SSSR count). The summed E-state index contributed by atoms with van der Waals surface area (Å²) in [5.74, 6) is 0.184. The second kappa shape index (κ2) is 4.38. The zero-order valence-corrected chi connectivity index (χ0v) is 9.36. The predicted octanol–water partition coefficient (Wildman–Crippen LogP) is -0.941. The van der Waals surface area contributed by atoms with E-state index in [1.807, 2.05) is 0 Å². The van der Waals surface area contributed by atoms with Gasteiger partial charge in [-0.05, 0) is 19.9 Å². The Hall–Kier alpha value is -2.15. The summed E-state index contributed by atoms with van der Waals surface area (Å²) in [6.45, 7) is 2.10. The van der Waals surface area contributed by atoms with Gasteiger partial charge in [0.05, 0.1) is 5.69 Å². The number of rotatable bonds is 3. The van der Waals surface area contributed by atoms with Crippen LogP contribution in [0.5, 0.6) is 0 Å². The summed E-state index contributed by atoms with van der Waals surface area (Å²) in [6, 6.07) is 1.35. The Kier molecular flexibility index (Phi) is 2.92. The summed E-state index contributed by atoms with van der Waals surface area (Å²) in [4.78, 5) is 29.9. The molecule has 2 aromatic heterocycles. The molecule has 0 unspecified atom stereocenters. The first kappa shape index (κ1) is 11.3. The molecule has 4 N–H and O–H groups in total. The number of aryl methyl sites for hydroxylation is 1. The fourth-order valence-electron chi connectivity index (χ4n) is 1.63. The summed E-state index contributed by atoms with van der Waals surface area (Å²) in [7, 11) is 0. The van der Waals surface area contributed by atoms with Crippen molar-refractivity contribution in [1.82, 2.24) is 19.7 Å². The number of aromatic amines is 2. The van der Waals surface area contributed by atoms with Crippen LogP contribution in [-0.2, 0) is 6.42 Å². The molecule has 0 radical (unpaired) electrons. The third-order valence-corrected chi connectivity index (χ3v) is 2.47. The topological polar surface area (TPSA) is 110 Å². The van der Waals surface area contributed by atoms with Gasteiger partial charge in [0.25, 0.3) is 11.1 Å². The van der Waals surface area contributed by atoms with Crippen LogP contribution in [0, 0.1) is 6.92 Å². The number of nitrogens with one attached hydrogen (secondary N) is 2. The van der Waals surface area contributed by atoms with Gasteiger partial charge < -0.3 is 5.73 Å². The molecular weight excluding hydrogens is 222 g/mol. The maximum Gasteiger partial charge on any atom is 0.273 e. The molecule has 0 aliphatic carbocycles. The summed E-state index contributed by atoms with van der Waals surface area (Å²) in [6.07, 6.45) is 1.94. The van der Waals surface area contributed by atoms with Crippen molar-refractivity contribution in [2.24, 2.45) is 5.73 Å². The van der Waals surface area contributed by atoms with Crippen molar-refractivity contribution in [2.75, 3.05) is 6.54 Å². The normalized spacial score (nSPS) is 10.7. The molecule has 0 saturated heterocycles. The lowest BCUT2D eigenvalue weighted by Gasteiger charge is -2.05. The smallest absolute Gasteiger partial charge is 0.273 e. The number of hydrogen-bond donors (Lipinski definition) is 3. The lowest BCUT2D eigenvalue weighted by atomic mass is 10.2. The fourth-order valence-corrected chi connectivity index (χ4v) is 1.63. The van der Waals surface area contributed by atoms with Gasteiger partial charge in [-0.15, -0.1) is 0 Å². The first-order chi connectivity index (χ1) is 8.13. The quantitative estimate of drug-likeness (QED) is 0.637. The van der Waals surface area contributed by atoms with Crippen LogP contribution < -0.4 is 16.9 Å². The molecule has 90 valence electrons. The molecule has 0 bridgehead atoms. The standard InChI is InChI=1S/C10H13N5O2/c1-6-7(2-4-11)9(17)14-10(13-6)15-8(16)3-5-12-15/h3,5,12H,2,4,11H2,1H3,(H,13,14,17). The monoisotopic (exact) mass is 235 g/mol. The third kappa shape index (κ3) is 2.04. The summed E-state index contributed by atoms with van der Waals surface area (Å²) < 4.78 is 1.17. The third-order valence-electron chi connectivity index (χ3n) is 2.47. The first-order valence-electron chi connectivity index (χ1n) is 5.20. The van der Waals surface area contributed by atoms with Crippen molar-refractivity contribution < 1.29 is 0 Å². The second-order valence-electron chi connectivity index (χ2n) is 3.63. The Labute approximate surface area is 96.3 Å². The molecule has 7 heteroatoms. The highest BCUT2D eigenvalue weighted by Crippen LogP contribution is 2.01. The molecule has 7 nitrogen and oxygen atoms in total. The average Bonchev–Trinajstić information content (AvgIpc) is 2.69. The van der Waals surface area contributed by atoms with Crippen molar-refractivity contribution in [3.05, 3.63) is 44.2 Å². The van der Waals surface area contributed by atoms with Gasteiger partial charge in [-0.2, -0.15) is 4.68 Å². The van der Waals surface area contributed by atoms with Crippen molar-refractivity contribution in [3.8, 4) is 5.95 Å². The molecule has 2 heterocycles. The van der Waals surface area contributed by atoms with Crippen LogP contribution in [0.3, 0.4) is 0 Å².